The first kappa shape index (κ1) is 15.3. The molecule has 0 spiro atoms. The molecule has 0 aliphatic heterocycles. The molecule has 2 rings (SSSR count). The van der Waals surface area contributed by atoms with Gasteiger partial charge in [-0.05, 0) is 43.5 Å². The lowest BCUT2D eigenvalue weighted by Gasteiger charge is -2.15. The van der Waals surface area contributed by atoms with E-state index in [1.54, 1.807) is 0 Å². The van der Waals surface area contributed by atoms with Crippen molar-refractivity contribution >= 4 is 15.9 Å². The Morgan fingerprint density at radius 1 is 1.25 bits per heavy atom. The summed E-state index contributed by atoms with van der Waals surface area (Å²) in [6.07, 6.45) is 4.03. The molecule has 0 bridgehead atoms. The number of nitrogens with one attached hydrogen (secondary N) is 1. The maximum atomic E-state index is 4.35. The average molecular weight is 336 g/mol. The first-order valence-corrected chi connectivity index (χ1v) is 7.97. The Bertz CT molecular complexity index is 519. The standard InChI is InChI=1S/C16H22BrN3/c1-3-10-20-16(8-9-19-20)12-18-13(2)11-14-4-6-15(17)7-5-14/h4-9,13,18H,3,10-12H2,1-2H3. The minimum Gasteiger partial charge on any atom is -0.308 e. The van der Waals surface area contributed by atoms with Gasteiger partial charge in [-0.3, -0.25) is 4.68 Å². The third kappa shape index (κ3) is 4.46. The van der Waals surface area contributed by atoms with E-state index in [-0.39, 0.29) is 0 Å². The second-order valence-corrected chi connectivity index (χ2v) is 6.07. The van der Waals surface area contributed by atoms with Crippen molar-refractivity contribution in [2.75, 3.05) is 0 Å². The summed E-state index contributed by atoms with van der Waals surface area (Å²) in [5, 5.41) is 7.92. The van der Waals surface area contributed by atoms with Crippen molar-refractivity contribution in [3.8, 4) is 0 Å². The van der Waals surface area contributed by atoms with Crippen LogP contribution in [0.1, 0.15) is 31.5 Å². The molecule has 1 aromatic heterocycles. The minimum absolute atomic E-state index is 0.446. The Labute approximate surface area is 129 Å². The van der Waals surface area contributed by atoms with Crippen LogP contribution in [0, 0.1) is 0 Å². The normalized spacial score (nSPS) is 12.6. The van der Waals surface area contributed by atoms with Gasteiger partial charge in [0.05, 0.1) is 5.69 Å². The summed E-state index contributed by atoms with van der Waals surface area (Å²) in [6, 6.07) is 11.1. The molecule has 2 aromatic rings. The molecule has 1 N–H and O–H groups in total. The predicted octanol–water partition coefficient (Wildman–Crippen LogP) is 3.78. The monoisotopic (exact) mass is 335 g/mol. The van der Waals surface area contributed by atoms with Gasteiger partial charge in [0, 0.05) is 29.8 Å². The van der Waals surface area contributed by atoms with Crippen LogP contribution in [0.3, 0.4) is 0 Å². The highest BCUT2D eigenvalue weighted by Gasteiger charge is 2.06. The lowest BCUT2D eigenvalue weighted by atomic mass is 10.1. The lowest BCUT2D eigenvalue weighted by molar-refractivity contribution is 0.504. The molecular formula is C16H22BrN3. The maximum Gasteiger partial charge on any atom is 0.0522 e. The summed E-state index contributed by atoms with van der Waals surface area (Å²) in [7, 11) is 0. The van der Waals surface area contributed by atoms with Gasteiger partial charge in [-0.2, -0.15) is 5.10 Å². The molecular weight excluding hydrogens is 314 g/mol. The molecule has 0 fully saturated rings. The fourth-order valence-corrected chi connectivity index (χ4v) is 2.51. The smallest absolute Gasteiger partial charge is 0.0522 e. The molecule has 0 aliphatic rings. The van der Waals surface area contributed by atoms with E-state index < -0.39 is 0 Å². The van der Waals surface area contributed by atoms with Crippen LogP contribution in [0.25, 0.3) is 0 Å². The lowest BCUT2D eigenvalue weighted by Crippen LogP contribution is -2.28. The van der Waals surface area contributed by atoms with Crippen LogP contribution in [0.15, 0.2) is 41.0 Å². The van der Waals surface area contributed by atoms with E-state index in [1.807, 2.05) is 6.20 Å². The predicted molar refractivity (Wildman–Crippen MR) is 86.7 cm³/mol. The van der Waals surface area contributed by atoms with Crippen molar-refractivity contribution in [2.45, 2.75) is 45.8 Å². The summed E-state index contributed by atoms with van der Waals surface area (Å²) in [5.41, 5.74) is 2.62. The molecule has 1 aromatic carbocycles. The molecule has 0 aliphatic carbocycles. The molecule has 3 nitrogen and oxygen atoms in total. The molecule has 0 radical (unpaired) electrons. The SMILES string of the molecule is CCCn1nccc1CNC(C)Cc1ccc(Br)cc1. The molecule has 0 amide bonds. The number of rotatable bonds is 7. The van der Waals surface area contributed by atoms with Gasteiger partial charge in [0.1, 0.15) is 0 Å². The van der Waals surface area contributed by atoms with Crippen molar-refractivity contribution in [3.05, 3.63) is 52.3 Å². The molecule has 1 heterocycles. The molecule has 0 saturated heterocycles. The van der Waals surface area contributed by atoms with Gasteiger partial charge >= 0.3 is 0 Å². The maximum absolute atomic E-state index is 4.35. The fourth-order valence-electron chi connectivity index (χ4n) is 2.25. The second kappa shape index (κ2) is 7.60. The van der Waals surface area contributed by atoms with Crippen LogP contribution >= 0.6 is 15.9 Å². The van der Waals surface area contributed by atoms with E-state index in [0.717, 1.165) is 30.4 Å². The topological polar surface area (TPSA) is 29.9 Å². The van der Waals surface area contributed by atoms with Crippen molar-refractivity contribution in [1.29, 1.82) is 0 Å². The first-order valence-electron chi connectivity index (χ1n) is 7.17. The van der Waals surface area contributed by atoms with Crippen LogP contribution in [0.5, 0.6) is 0 Å². The highest BCUT2D eigenvalue weighted by atomic mass is 79.9. The van der Waals surface area contributed by atoms with Gasteiger partial charge in [-0.1, -0.05) is 35.0 Å². The Balaban J connectivity index is 1.84. The summed E-state index contributed by atoms with van der Waals surface area (Å²) in [5.74, 6) is 0. The quantitative estimate of drug-likeness (QED) is 0.834. The zero-order chi connectivity index (χ0) is 14.4. The number of halogens is 1. The Morgan fingerprint density at radius 3 is 2.70 bits per heavy atom. The second-order valence-electron chi connectivity index (χ2n) is 5.16. The van der Waals surface area contributed by atoms with Gasteiger partial charge in [-0.15, -0.1) is 0 Å². The number of nitrogens with zero attached hydrogens (tertiary/aromatic N) is 2. The molecule has 4 heteroatoms. The van der Waals surface area contributed by atoms with Gasteiger partial charge < -0.3 is 5.32 Å². The highest BCUT2D eigenvalue weighted by molar-refractivity contribution is 9.10. The third-order valence-corrected chi connectivity index (χ3v) is 3.86. The van der Waals surface area contributed by atoms with E-state index in [4.69, 9.17) is 0 Å². The zero-order valence-corrected chi connectivity index (χ0v) is 13.7. The summed E-state index contributed by atoms with van der Waals surface area (Å²) < 4.78 is 3.21. The summed E-state index contributed by atoms with van der Waals surface area (Å²) in [6.45, 7) is 6.26. The van der Waals surface area contributed by atoms with Crippen molar-refractivity contribution in [2.24, 2.45) is 0 Å². The molecule has 1 atom stereocenters. The van der Waals surface area contributed by atoms with Crippen molar-refractivity contribution in [1.82, 2.24) is 15.1 Å². The van der Waals surface area contributed by atoms with E-state index in [2.05, 4.69) is 75.2 Å². The van der Waals surface area contributed by atoms with E-state index >= 15 is 0 Å². The number of hydrogen-bond acceptors (Lipinski definition) is 2. The average Bonchev–Trinajstić information content (AvgIpc) is 2.87. The molecule has 0 saturated carbocycles. The van der Waals surface area contributed by atoms with E-state index in [0.29, 0.717) is 6.04 Å². The summed E-state index contributed by atoms with van der Waals surface area (Å²) in [4.78, 5) is 0. The van der Waals surface area contributed by atoms with E-state index in [9.17, 15) is 0 Å². The minimum atomic E-state index is 0.446. The Hall–Kier alpha value is -1.13. The van der Waals surface area contributed by atoms with Gasteiger partial charge in [0.25, 0.3) is 0 Å². The van der Waals surface area contributed by atoms with Crippen LogP contribution in [0.4, 0.5) is 0 Å². The van der Waals surface area contributed by atoms with Crippen molar-refractivity contribution < 1.29 is 0 Å². The third-order valence-electron chi connectivity index (χ3n) is 3.33. The number of benzene rings is 1. The zero-order valence-electron chi connectivity index (χ0n) is 12.1. The highest BCUT2D eigenvalue weighted by Crippen LogP contribution is 2.12. The van der Waals surface area contributed by atoms with Crippen LogP contribution in [-0.2, 0) is 19.5 Å². The van der Waals surface area contributed by atoms with Gasteiger partial charge in [0.15, 0.2) is 0 Å². The number of hydrogen-bond donors (Lipinski definition) is 1. The number of aromatic nitrogens is 2. The summed E-state index contributed by atoms with van der Waals surface area (Å²) >= 11 is 3.47. The van der Waals surface area contributed by atoms with Crippen molar-refractivity contribution in [3.63, 3.8) is 0 Å². The Morgan fingerprint density at radius 2 is 2.00 bits per heavy atom. The molecule has 1 unspecified atom stereocenters. The van der Waals surface area contributed by atoms with E-state index in [1.165, 1.54) is 11.3 Å². The molecule has 20 heavy (non-hydrogen) atoms. The molecule has 108 valence electrons. The van der Waals surface area contributed by atoms with Crippen LogP contribution in [0.2, 0.25) is 0 Å². The fraction of sp³-hybridized carbons (Fsp3) is 0.438. The van der Waals surface area contributed by atoms with Crippen LogP contribution in [-0.4, -0.2) is 15.8 Å². The largest absolute Gasteiger partial charge is 0.308 e. The first-order chi connectivity index (χ1) is 9.69. The number of aryl methyl sites for hydroxylation is 1. The van der Waals surface area contributed by atoms with Gasteiger partial charge in [-0.25, -0.2) is 0 Å². The van der Waals surface area contributed by atoms with Crippen LogP contribution < -0.4 is 5.32 Å². The Kier molecular flexibility index (Phi) is 5.80. The van der Waals surface area contributed by atoms with Gasteiger partial charge in [0.2, 0.25) is 0 Å².